The summed E-state index contributed by atoms with van der Waals surface area (Å²) in [5.74, 6) is 0.432. The third kappa shape index (κ3) is 4.29. The summed E-state index contributed by atoms with van der Waals surface area (Å²) in [6, 6.07) is 7.13. The van der Waals surface area contributed by atoms with Crippen molar-refractivity contribution in [3.8, 4) is 12.3 Å². The third-order valence-electron chi connectivity index (χ3n) is 2.07. The van der Waals surface area contributed by atoms with Gasteiger partial charge in [0.15, 0.2) is 9.84 Å². The number of carbonyl (C=O) groups excluding carboxylic acids is 1. The predicted octanol–water partition coefficient (Wildman–Crippen LogP) is 0.982. The van der Waals surface area contributed by atoms with E-state index in [1.165, 1.54) is 0 Å². The first-order chi connectivity index (χ1) is 7.94. The maximum atomic E-state index is 11.5. The van der Waals surface area contributed by atoms with Gasteiger partial charge in [-0.15, -0.1) is 6.42 Å². The van der Waals surface area contributed by atoms with Crippen molar-refractivity contribution in [3.05, 3.63) is 29.8 Å². The van der Waals surface area contributed by atoms with Gasteiger partial charge in [0, 0.05) is 5.69 Å². The summed E-state index contributed by atoms with van der Waals surface area (Å²) in [5.41, 5.74) is 1.48. The van der Waals surface area contributed by atoms with Gasteiger partial charge in [0.1, 0.15) is 11.5 Å². The maximum absolute atomic E-state index is 11.5. The fourth-order valence-electron chi connectivity index (χ4n) is 1.28. The van der Waals surface area contributed by atoms with Crippen LogP contribution in [0.15, 0.2) is 24.3 Å². The van der Waals surface area contributed by atoms with Crippen LogP contribution in [0.4, 0.5) is 5.69 Å². The third-order valence-corrected chi connectivity index (χ3v) is 3.38. The minimum atomic E-state index is -3.51. The Morgan fingerprint density at radius 3 is 2.65 bits per heavy atom. The molecule has 0 aliphatic heterocycles. The Kier molecular flexibility index (Phi) is 4.30. The molecule has 0 aliphatic carbocycles. The highest BCUT2D eigenvalue weighted by atomic mass is 32.2. The molecular formula is C12H13NO3S. The van der Waals surface area contributed by atoms with E-state index < -0.39 is 27.3 Å². The summed E-state index contributed by atoms with van der Waals surface area (Å²) in [5, 5.41) is 2.54. The van der Waals surface area contributed by atoms with Crippen LogP contribution in [0.5, 0.6) is 0 Å². The van der Waals surface area contributed by atoms with Crippen LogP contribution < -0.4 is 5.32 Å². The van der Waals surface area contributed by atoms with Gasteiger partial charge in [-0.05, 0) is 18.6 Å². The molecule has 0 heterocycles. The number of hydrogen-bond acceptors (Lipinski definition) is 3. The number of aryl methyl sites for hydroxylation is 1. The molecule has 0 aromatic heterocycles. The average Bonchev–Trinajstić information content (AvgIpc) is 2.20. The molecule has 0 spiro atoms. The minimum absolute atomic E-state index is 0.422. The second-order valence-electron chi connectivity index (χ2n) is 3.60. The molecule has 1 amide bonds. The minimum Gasteiger partial charge on any atom is -0.325 e. The molecule has 1 aromatic carbocycles. The molecule has 1 rings (SSSR count). The molecule has 4 nitrogen and oxygen atoms in total. The molecule has 1 aromatic rings. The van der Waals surface area contributed by atoms with Crippen LogP contribution >= 0.6 is 0 Å². The number of terminal acetylenes is 1. The fourth-order valence-corrected chi connectivity index (χ4v) is 2.10. The largest absolute Gasteiger partial charge is 0.325 e. The van der Waals surface area contributed by atoms with Gasteiger partial charge >= 0.3 is 0 Å². The van der Waals surface area contributed by atoms with Crippen LogP contribution in [0, 0.1) is 19.3 Å². The number of amides is 1. The van der Waals surface area contributed by atoms with E-state index in [0.717, 1.165) is 5.56 Å². The van der Waals surface area contributed by atoms with Gasteiger partial charge in [-0.25, -0.2) is 8.42 Å². The Balaban J connectivity index is 2.70. The molecule has 0 fully saturated rings. The highest BCUT2D eigenvalue weighted by Crippen LogP contribution is 2.12. The SMILES string of the molecule is C#CCS(=O)(=O)CC(=O)Nc1ccccc1C. The number of para-hydroxylation sites is 1. The molecule has 1 N–H and O–H groups in total. The zero-order valence-corrected chi connectivity index (χ0v) is 10.3. The Labute approximate surface area is 101 Å². The van der Waals surface area contributed by atoms with Crippen molar-refractivity contribution >= 4 is 21.4 Å². The van der Waals surface area contributed by atoms with E-state index in [9.17, 15) is 13.2 Å². The summed E-state index contributed by atoms with van der Waals surface area (Å²) in [4.78, 5) is 11.5. The van der Waals surface area contributed by atoms with E-state index in [2.05, 4.69) is 5.32 Å². The number of hydrogen-bond donors (Lipinski definition) is 1. The lowest BCUT2D eigenvalue weighted by molar-refractivity contribution is -0.113. The van der Waals surface area contributed by atoms with E-state index in [0.29, 0.717) is 5.69 Å². The number of nitrogens with one attached hydrogen (secondary N) is 1. The first-order valence-electron chi connectivity index (χ1n) is 4.94. The number of rotatable bonds is 4. The molecular weight excluding hydrogens is 238 g/mol. The second kappa shape index (κ2) is 5.51. The molecule has 0 unspecified atom stereocenters. The molecule has 0 aliphatic rings. The van der Waals surface area contributed by atoms with Gasteiger partial charge in [0.2, 0.25) is 5.91 Å². The van der Waals surface area contributed by atoms with Gasteiger partial charge in [-0.2, -0.15) is 0 Å². The van der Waals surface area contributed by atoms with E-state index in [-0.39, 0.29) is 0 Å². The number of sulfone groups is 1. The number of benzene rings is 1. The Hall–Kier alpha value is -1.80. The Morgan fingerprint density at radius 2 is 2.06 bits per heavy atom. The normalized spacial score (nSPS) is 10.6. The summed E-state index contributed by atoms with van der Waals surface area (Å²) in [7, 11) is -3.51. The van der Waals surface area contributed by atoms with Gasteiger partial charge < -0.3 is 5.32 Å². The van der Waals surface area contributed by atoms with E-state index in [4.69, 9.17) is 6.42 Å². The number of carbonyl (C=O) groups is 1. The Bertz CT molecular complexity index is 555. The molecule has 17 heavy (non-hydrogen) atoms. The zero-order chi connectivity index (χ0) is 12.9. The summed E-state index contributed by atoms with van der Waals surface area (Å²) < 4.78 is 22.6. The van der Waals surface area contributed by atoms with Crippen molar-refractivity contribution in [2.45, 2.75) is 6.92 Å². The maximum Gasteiger partial charge on any atom is 0.239 e. The van der Waals surface area contributed by atoms with E-state index in [1.807, 2.05) is 25.0 Å². The standard InChI is InChI=1S/C12H13NO3S/c1-3-8-17(15,16)9-12(14)13-11-7-5-4-6-10(11)2/h1,4-7H,8-9H2,2H3,(H,13,14). The Morgan fingerprint density at radius 1 is 1.41 bits per heavy atom. The first-order valence-corrected chi connectivity index (χ1v) is 6.76. The summed E-state index contributed by atoms with van der Waals surface area (Å²) in [6.45, 7) is 1.82. The smallest absolute Gasteiger partial charge is 0.239 e. The topological polar surface area (TPSA) is 63.2 Å². The zero-order valence-electron chi connectivity index (χ0n) is 9.43. The van der Waals surface area contributed by atoms with Crippen molar-refractivity contribution in [1.82, 2.24) is 0 Å². The monoisotopic (exact) mass is 251 g/mol. The molecule has 0 radical (unpaired) electrons. The lowest BCUT2D eigenvalue weighted by atomic mass is 10.2. The van der Waals surface area contributed by atoms with Crippen LogP contribution in [0.3, 0.4) is 0 Å². The molecule has 0 saturated carbocycles. The van der Waals surface area contributed by atoms with Gasteiger partial charge in [-0.1, -0.05) is 24.1 Å². The lowest BCUT2D eigenvalue weighted by Gasteiger charge is -2.07. The van der Waals surface area contributed by atoms with Crippen LogP contribution in [0.2, 0.25) is 0 Å². The molecule has 90 valence electrons. The van der Waals surface area contributed by atoms with Crippen LogP contribution in [-0.4, -0.2) is 25.8 Å². The van der Waals surface area contributed by atoms with Crippen molar-refractivity contribution in [1.29, 1.82) is 0 Å². The van der Waals surface area contributed by atoms with Crippen molar-refractivity contribution in [2.75, 3.05) is 16.8 Å². The lowest BCUT2D eigenvalue weighted by Crippen LogP contribution is -2.24. The van der Waals surface area contributed by atoms with Crippen molar-refractivity contribution in [3.63, 3.8) is 0 Å². The molecule has 0 saturated heterocycles. The highest BCUT2D eigenvalue weighted by molar-refractivity contribution is 7.92. The van der Waals surface area contributed by atoms with Crippen molar-refractivity contribution < 1.29 is 13.2 Å². The van der Waals surface area contributed by atoms with Gasteiger partial charge in [0.25, 0.3) is 0 Å². The molecule has 0 atom stereocenters. The van der Waals surface area contributed by atoms with Crippen LogP contribution in [0.25, 0.3) is 0 Å². The van der Waals surface area contributed by atoms with E-state index in [1.54, 1.807) is 12.1 Å². The highest BCUT2D eigenvalue weighted by Gasteiger charge is 2.15. The quantitative estimate of drug-likeness (QED) is 0.811. The van der Waals surface area contributed by atoms with Crippen molar-refractivity contribution in [2.24, 2.45) is 0 Å². The second-order valence-corrected chi connectivity index (χ2v) is 5.66. The van der Waals surface area contributed by atoms with Gasteiger partial charge in [0.05, 0.1) is 0 Å². The van der Waals surface area contributed by atoms with Crippen LogP contribution in [0.1, 0.15) is 5.56 Å². The predicted molar refractivity (Wildman–Crippen MR) is 67.3 cm³/mol. The van der Waals surface area contributed by atoms with Gasteiger partial charge in [-0.3, -0.25) is 4.79 Å². The summed E-state index contributed by atoms with van der Waals surface area (Å²) in [6.07, 6.45) is 4.91. The molecule has 0 bridgehead atoms. The average molecular weight is 251 g/mol. The molecule has 5 heteroatoms. The first kappa shape index (κ1) is 13.3. The number of anilines is 1. The summed E-state index contributed by atoms with van der Waals surface area (Å²) >= 11 is 0. The fraction of sp³-hybridized carbons (Fsp3) is 0.250. The van der Waals surface area contributed by atoms with E-state index >= 15 is 0 Å². The van der Waals surface area contributed by atoms with Crippen LogP contribution in [-0.2, 0) is 14.6 Å².